The zero-order valence-electron chi connectivity index (χ0n) is 16.9. The van der Waals surface area contributed by atoms with Gasteiger partial charge in [0.25, 0.3) is 0 Å². The lowest BCUT2D eigenvalue weighted by Crippen LogP contribution is -2.44. The van der Waals surface area contributed by atoms with E-state index in [2.05, 4.69) is 11.4 Å². The maximum Gasteiger partial charge on any atom is 0.241 e. The van der Waals surface area contributed by atoms with E-state index in [1.165, 1.54) is 0 Å². The number of nitrogens with zero attached hydrogens (tertiary/aromatic N) is 2. The highest BCUT2D eigenvalue weighted by Crippen LogP contribution is 2.31. The van der Waals surface area contributed by atoms with Gasteiger partial charge in [-0.25, -0.2) is 0 Å². The molecule has 0 fully saturated rings. The quantitative estimate of drug-likeness (QED) is 0.864. The van der Waals surface area contributed by atoms with E-state index in [0.717, 1.165) is 22.6 Å². The molecule has 1 N–H and O–H groups in total. The number of nitrogens with one attached hydrogen (secondary N) is 1. The van der Waals surface area contributed by atoms with Gasteiger partial charge < -0.3 is 15.0 Å². The van der Waals surface area contributed by atoms with E-state index < -0.39 is 0 Å². The van der Waals surface area contributed by atoms with Crippen molar-refractivity contribution in [2.75, 3.05) is 30.9 Å². The van der Waals surface area contributed by atoms with Crippen molar-refractivity contribution < 1.29 is 14.3 Å². The number of methoxy groups -OCH3 is 1. The predicted molar refractivity (Wildman–Crippen MR) is 111 cm³/mol. The number of ether oxygens (including phenoxy) is 1. The molecule has 0 aromatic heterocycles. The third-order valence-electron chi connectivity index (χ3n) is 4.91. The summed E-state index contributed by atoms with van der Waals surface area (Å²) >= 11 is 0. The monoisotopic (exact) mass is 381 g/mol. The number of fused-ring (bicyclic) bond motifs is 1. The minimum absolute atomic E-state index is 0.0365. The second-order valence-electron chi connectivity index (χ2n) is 7.37. The standard InChI is InChI=1S/C22H27N3O3/c1-15-9-10-20(28-4)17(11-15)13-24(3)14-22(27)25-16(2)12-21(26)23-18-7-5-6-8-19(18)25/h5-11,16H,12-14H2,1-4H3,(H,23,26). The maximum atomic E-state index is 13.2. The van der Waals surface area contributed by atoms with Gasteiger partial charge in [0.15, 0.2) is 0 Å². The second-order valence-corrected chi connectivity index (χ2v) is 7.37. The molecule has 6 nitrogen and oxygen atoms in total. The molecule has 2 aromatic carbocycles. The van der Waals surface area contributed by atoms with Crippen LogP contribution in [-0.2, 0) is 16.1 Å². The molecular weight excluding hydrogens is 354 g/mol. The van der Waals surface area contributed by atoms with Gasteiger partial charge in [-0.1, -0.05) is 29.8 Å². The minimum atomic E-state index is -0.210. The first-order valence-electron chi connectivity index (χ1n) is 9.42. The molecule has 2 amide bonds. The van der Waals surface area contributed by atoms with Crippen LogP contribution in [0.15, 0.2) is 42.5 Å². The van der Waals surface area contributed by atoms with Crippen molar-refractivity contribution in [2.24, 2.45) is 0 Å². The van der Waals surface area contributed by atoms with Gasteiger partial charge in [-0.2, -0.15) is 0 Å². The lowest BCUT2D eigenvalue weighted by molar-refractivity contribution is -0.120. The molecule has 148 valence electrons. The third-order valence-corrected chi connectivity index (χ3v) is 4.91. The van der Waals surface area contributed by atoms with Crippen molar-refractivity contribution in [3.63, 3.8) is 0 Å². The van der Waals surface area contributed by atoms with Gasteiger partial charge >= 0.3 is 0 Å². The molecule has 1 atom stereocenters. The van der Waals surface area contributed by atoms with Crippen LogP contribution < -0.4 is 15.0 Å². The molecule has 0 radical (unpaired) electrons. The normalized spacial score (nSPS) is 16.4. The summed E-state index contributed by atoms with van der Waals surface area (Å²) in [5, 5.41) is 2.89. The van der Waals surface area contributed by atoms with Crippen LogP contribution >= 0.6 is 0 Å². The summed E-state index contributed by atoms with van der Waals surface area (Å²) < 4.78 is 5.45. The van der Waals surface area contributed by atoms with Gasteiger partial charge in [0.05, 0.1) is 25.0 Å². The van der Waals surface area contributed by atoms with E-state index >= 15 is 0 Å². The number of para-hydroxylation sites is 2. The Kier molecular flexibility index (Phi) is 5.99. The number of amides is 2. The first-order valence-corrected chi connectivity index (χ1v) is 9.42. The largest absolute Gasteiger partial charge is 0.496 e. The minimum Gasteiger partial charge on any atom is -0.496 e. The van der Waals surface area contributed by atoms with E-state index in [9.17, 15) is 9.59 Å². The van der Waals surface area contributed by atoms with Crippen LogP contribution in [0, 0.1) is 6.92 Å². The summed E-state index contributed by atoms with van der Waals surface area (Å²) in [5.41, 5.74) is 3.61. The number of hydrogen-bond acceptors (Lipinski definition) is 4. The second kappa shape index (κ2) is 8.44. The Hall–Kier alpha value is -2.86. The van der Waals surface area contributed by atoms with E-state index in [0.29, 0.717) is 12.2 Å². The molecule has 2 aromatic rings. The molecule has 1 aliphatic heterocycles. The van der Waals surface area contributed by atoms with Crippen molar-refractivity contribution in [1.29, 1.82) is 0 Å². The molecular formula is C22H27N3O3. The Balaban J connectivity index is 1.78. The van der Waals surface area contributed by atoms with Crippen molar-refractivity contribution in [2.45, 2.75) is 32.9 Å². The highest BCUT2D eigenvalue weighted by Gasteiger charge is 2.29. The zero-order valence-corrected chi connectivity index (χ0v) is 16.9. The van der Waals surface area contributed by atoms with Crippen molar-refractivity contribution in [3.8, 4) is 5.75 Å². The number of carbonyl (C=O) groups is 2. The molecule has 0 bridgehead atoms. The SMILES string of the molecule is COc1ccc(C)cc1CN(C)CC(=O)N1c2ccccc2NC(=O)CC1C. The highest BCUT2D eigenvalue weighted by atomic mass is 16.5. The summed E-state index contributed by atoms with van der Waals surface area (Å²) in [6.07, 6.45) is 0.274. The lowest BCUT2D eigenvalue weighted by atomic mass is 10.1. The highest BCUT2D eigenvalue weighted by molar-refractivity contribution is 6.04. The van der Waals surface area contributed by atoms with Gasteiger partial charge in [-0.3, -0.25) is 14.5 Å². The number of carbonyl (C=O) groups excluding carboxylic acids is 2. The first kappa shape index (κ1) is 19.9. The molecule has 3 rings (SSSR count). The number of hydrogen-bond donors (Lipinski definition) is 1. The van der Waals surface area contributed by atoms with E-state index in [-0.39, 0.29) is 30.8 Å². The van der Waals surface area contributed by atoms with Crippen LogP contribution in [0.5, 0.6) is 5.75 Å². The fraction of sp³-hybridized carbons (Fsp3) is 0.364. The Morgan fingerprint density at radius 1 is 1.29 bits per heavy atom. The summed E-state index contributed by atoms with van der Waals surface area (Å²) in [7, 11) is 3.57. The van der Waals surface area contributed by atoms with Gasteiger partial charge in [0, 0.05) is 24.6 Å². The van der Waals surface area contributed by atoms with Crippen LogP contribution in [0.4, 0.5) is 11.4 Å². The molecule has 6 heteroatoms. The van der Waals surface area contributed by atoms with Crippen LogP contribution in [0.2, 0.25) is 0 Å². The number of likely N-dealkylation sites (N-methyl/N-ethyl adjacent to an activating group) is 1. The van der Waals surface area contributed by atoms with E-state index in [4.69, 9.17) is 4.74 Å². The van der Waals surface area contributed by atoms with E-state index in [1.807, 2.05) is 62.2 Å². The third kappa shape index (κ3) is 4.34. The molecule has 0 spiro atoms. The molecule has 0 aliphatic carbocycles. The van der Waals surface area contributed by atoms with Crippen molar-refractivity contribution >= 4 is 23.2 Å². The fourth-order valence-electron chi connectivity index (χ4n) is 3.65. The first-order chi connectivity index (χ1) is 13.4. The van der Waals surface area contributed by atoms with Crippen LogP contribution in [0.3, 0.4) is 0 Å². The average molecular weight is 381 g/mol. The van der Waals surface area contributed by atoms with Crippen LogP contribution in [0.1, 0.15) is 24.5 Å². The maximum absolute atomic E-state index is 13.2. The summed E-state index contributed by atoms with van der Waals surface area (Å²) in [6.45, 7) is 4.78. The van der Waals surface area contributed by atoms with Gasteiger partial charge in [0.2, 0.25) is 11.8 Å². The Labute approximate surface area is 166 Å². The van der Waals surface area contributed by atoms with Gasteiger partial charge in [0.1, 0.15) is 5.75 Å². The summed E-state index contributed by atoms with van der Waals surface area (Å²) in [4.78, 5) is 29.0. The number of aryl methyl sites for hydroxylation is 1. The zero-order chi connectivity index (χ0) is 20.3. The van der Waals surface area contributed by atoms with Crippen LogP contribution in [0.25, 0.3) is 0 Å². The van der Waals surface area contributed by atoms with E-state index in [1.54, 1.807) is 12.0 Å². The molecule has 1 unspecified atom stereocenters. The topological polar surface area (TPSA) is 61.9 Å². The predicted octanol–water partition coefficient (Wildman–Crippen LogP) is 3.20. The molecule has 1 heterocycles. The number of benzene rings is 2. The summed E-state index contributed by atoms with van der Waals surface area (Å²) in [6, 6.07) is 13.3. The van der Waals surface area contributed by atoms with Crippen molar-refractivity contribution in [1.82, 2.24) is 4.90 Å². The number of rotatable bonds is 5. The Bertz CT molecular complexity index is 881. The number of anilines is 2. The fourth-order valence-corrected chi connectivity index (χ4v) is 3.65. The molecule has 0 saturated carbocycles. The van der Waals surface area contributed by atoms with Gasteiger partial charge in [-0.15, -0.1) is 0 Å². The average Bonchev–Trinajstić information content (AvgIpc) is 2.75. The Morgan fingerprint density at radius 2 is 2.04 bits per heavy atom. The Morgan fingerprint density at radius 3 is 2.79 bits per heavy atom. The molecule has 0 saturated heterocycles. The molecule has 28 heavy (non-hydrogen) atoms. The lowest BCUT2D eigenvalue weighted by Gasteiger charge is -2.30. The van der Waals surface area contributed by atoms with Crippen molar-refractivity contribution in [3.05, 3.63) is 53.6 Å². The summed E-state index contributed by atoms with van der Waals surface area (Å²) in [5.74, 6) is 0.701. The van der Waals surface area contributed by atoms with Crippen LogP contribution in [-0.4, -0.2) is 43.5 Å². The molecule has 1 aliphatic rings. The van der Waals surface area contributed by atoms with Gasteiger partial charge in [-0.05, 0) is 39.1 Å². The smallest absolute Gasteiger partial charge is 0.241 e.